The van der Waals surface area contributed by atoms with Gasteiger partial charge in [0.05, 0.1) is 11.7 Å². The number of nitrogens with zero attached hydrogens (tertiary/aromatic N) is 2. The summed E-state index contributed by atoms with van der Waals surface area (Å²) in [5.74, 6) is -0.0927. The molecular formula is C20H22FN3OS. The fourth-order valence-corrected chi connectivity index (χ4v) is 4.55. The number of hydrogen-bond donors (Lipinski definition) is 1. The molecule has 2 heterocycles. The second-order valence-corrected chi connectivity index (χ2v) is 8.35. The minimum absolute atomic E-state index is 0.129. The number of halogens is 1. The molecule has 1 N–H and O–H groups in total. The molecule has 136 valence electrons. The van der Waals surface area contributed by atoms with Crippen LogP contribution in [0.1, 0.15) is 25.0 Å². The van der Waals surface area contributed by atoms with Crippen LogP contribution in [0.15, 0.2) is 53.6 Å². The third kappa shape index (κ3) is 4.43. The first-order valence-electron chi connectivity index (χ1n) is 9.04. The SMILES string of the molecule is O=C(NC1CC1)[C@@H]1C[C@@H](Sc2ccc(F)cc2)CN1Cc1ccccn1. The maximum atomic E-state index is 13.1. The van der Waals surface area contributed by atoms with Gasteiger partial charge in [0, 0.05) is 35.5 Å². The fraction of sp³-hybridized carbons (Fsp3) is 0.400. The minimum atomic E-state index is -0.223. The third-order valence-corrected chi connectivity index (χ3v) is 6.02. The molecule has 1 saturated carbocycles. The molecule has 1 aromatic heterocycles. The summed E-state index contributed by atoms with van der Waals surface area (Å²) in [6.45, 7) is 1.49. The van der Waals surface area contributed by atoms with Crippen molar-refractivity contribution in [2.45, 2.75) is 48.0 Å². The number of amides is 1. The van der Waals surface area contributed by atoms with Gasteiger partial charge in [0.15, 0.2) is 0 Å². The standard InChI is InChI=1S/C20H22FN3OS/c21-14-4-8-17(9-5-14)26-18-11-19(20(25)23-15-6-7-15)24(13-18)12-16-3-1-2-10-22-16/h1-5,8-10,15,18-19H,6-7,11-13H2,(H,23,25)/t18-,19+/m1/s1. The molecule has 1 aromatic carbocycles. The summed E-state index contributed by atoms with van der Waals surface area (Å²) < 4.78 is 13.1. The average Bonchev–Trinajstić information content (AvgIpc) is 3.37. The number of aromatic nitrogens is 1. The van der Waals surface area contributed by atoms with Crippen LogP contribution in [0, 0.1) is 5.82 Å². The predicted octanol–water partition coefficient (Wildman–Crippen LogP) is 3.23. The lowest BCUT2D eigenvalue weighted by molar-refractivity contribution is -0.125. The molecule has 0 unspecified atom stereocenters. The maximum Gasteiger partial charge on any atom is 0.237 e. The van der Waals surface area contributed by atoms with E-state index in [1.54, 1.807) is 30.1 Å². The molecule has 0 radical (unpaired) electrons. The Bertz CT molecular complexity index is 751. The average molecular weight is 371 g/mol. The van der Waals surface area contributed by atoms with Gasteiger partial charge >= 0.3 is 0 Å². The van der Waals surface area contributed by atoms with Gasteiger partial charge in [-0.3, -0.25) is 14.7 Å². The summed E-state index contributed by atoms with van der Waals surface area (Å²) in [5, 5.41) is 3.45. The zero-order valence-corrected chi connectivity index (χ0v) is 15.3. The van der Waals surface area contributed by atoms with Crippen LogP contribution in [0.5, 0.6) is 0 Å². The van der Waals surface area contributed by atoms with E-state index < -0.39 is 0 Å². The smallest absolute Gasteiger partial charge is 0.237 e. The van der Waals surface area contributed by atoms with Crippen LogP contribution in [-0.4, -0.2) is 39.7 Å². The first-order chi connectivity index (χ1) is 12.7. The Morgan fingerprint density at radius 1 is 1.23 bits per heavy atom. The molecule has 0 spiro atoms. The number of carbonyl (C=O) groups is 1. The Morgan fingerprint density at radius 3 is 2.73 bits per heavy atom. The highest BCUT2D eigenvalue weighted by atomic mass is 32.2. The largest absolute Gasteiger partial charge is 0.352 e. The summed E-state index contributed by atoms with van der Waals surface area (Å²) in [6.07, 6.45) is 4.77. The zero-order valence-electron chi connectivity index (χ0n) is 14.5. The van der Waals surface area contributed by atoms with Gasteiger partial charge in [-0.2, -0.15) is 0 Å². The number of likely N-dealkylation sites (tertiary alicyclic amines) is 1. The molecule has 2 fully saturated rings. The van der Waals surface area contributed by atoms with Crippen LogP contribution in [0.4, 0.5) is 4.39 Å². The highest BCUT2D eigenvalue weighted by Gasteiger charge is 2.39. The first kappa shape index (κ1) is 17.5. The summed E-state index contributed by atoms with van der Waals surface area (Å²) in [6, 6.07) is 12.7. The number of hydrogen-bond acceptors (Lipinski definition) is 4. The number of pyridine rings is 1. The second kappa shape index (κ2) is 7.76. The normalized spacial score (nSPS) is 23.1. The molecule has 1 aliphatic carbocycles. The van der Waals surface area contributed by atoms with E-state index in [9.17, 15) is 9.18 Å². The van der Waals surface area contributed by atoms with Gasteiger partial charge in [-0.15, -0.1) is 11.8 Å². The molecular weight excluding hydrogens is 349 g/mol. The van der Waals surface area contributed by atoms with Crippen molar-refractivity contribution in [1.82, 2.24) is 15.2 Å². The van der Waals surface area contributed by atoms with E-state index in [4.69, 9.17) is 0 Å². The highest BCUT2D eigenvalue weighted by Crippen LogP contribution is 2.34. The van der Waals surface area contributed by atoms with Crippen molar-refractivity contribution in [3.63, 3.8) is 0 Å². The molecule has 2 aliphatic rings. The topological polar surface area (TPSA) is 45.2 Å². The van der Waals surface area contributed by atoms with Gasteiger partial charge in [-0.05, 0) is 55.7 Å². The van der Waals surface area contributed by atoms with Gasteiger partial charge < -0.3 is 5.32 Å². The Hall–Kier alpha value is -1.92. The molecule has 1 aliphatic heterocycles. The quantitative estimate of drug-likeness (QED) is 0.847. The van der Waals surface area contributed by atoms with Crippen molar-refractivity contribution >= 4 is 17.7 Å². The van der Waals surface area contributed by atoms with E-state index in [0.717, 1.165) is 36.4 Å². The van der Waals surface area contributed by atoms with E-state index in [0.29, 0.717) is 17.8 Å². The monoisotopic (exact) mass is 371 g/mol. The molecule has 0 bridgehead atoms. The van der Waals surface area contributed by atoms with Crippen LogP contribution in [0.3, 0.4) is 0 Å². The Morgan fingerprint density at radius 2 is 2.04 bits per heavy atom. The summed E-state index contributed by atoms with van der Waals surface area (Å²) in [5.41, 5.74) is 0.976. The van der Waals surface area contributed by atoms with Crippen LogP contribution >= 0.6 is 11.8 Å². The van der Waals surface area contributed by atoms with Crippen LogP contribution in [-0.2, 0) is 11.3 Å². The zero-order chi connectivity index (χ0) is 17.9. The lowest BCUT2D eigenvalue weighted by Gasteiger charge is -2.23. The Labute approximate surface area is 157 Å². The number of carbonyl (C=O) groups excluding carboxylic acids is 1. The second-order valence-electron chi connectivity index (χ2n) is 6.98. The summed E-state index contributed by atoms with van der Waals surface area (Å²) in [4.78, 5) is 20.4. The van der Waals surface area contributed by atoms with Crippen LogP contribution < -0.4 is 5.32 Å². The lowest BCUT2D eigenvalue weighted by Crippen LogP contribution is -2.43. The van der Waals surface area contributed by atoms with Gasteiger partial charge in [-0.25, -0.2) is 4.39 Å². The molecule has 2 aromatic rings. The lowest BCUT2D eigenvalue weighted by atomic mass is 10.2. The summed E-state index contributed by atoms with van der Waals surface area (Å²) >= 11 is 1.72. The van der Waals surface area contributed by atoms with Gasteiger partial charge in [-0.1, -0.05) is 6.07 Å². The van der Waals surface area contributed by atoms with Gasteiger partial charge in [0.1, 0.15) is 5.82 Å². The van der Waals surface area contributed by atoms with Crippen molar-refractivity contribution in [3.8, 4) is 0 Å². The Kier molecular flexibility index (Phi) is 5.22. The van der Waals surface area contributed by atoms with Gasteiger partial charge in [0.2, 0.25) is 5.91 Å². The fourth-order valence-electron chi connectivity index (χ4n) is 3.32. The minimum Gasteiger partial charge on any atom is -0.352 e. The van der Waals surface area contributed by atoms with Crippen molar-refractivity contribution < 1.29 is 9.18 Å². The third-order valence-electron chi connectivity index (χ3n) is 4.80. The maximum absolute atomic E-state index is 13.1. The first-order valence-corrected chi connectivity index (χ1v) is 9.92. The molecule has 26 heavy (non-hydrogen) atoms. The van der Waals surface area contributed by atoms with Crippen molar-refractivity contribution in [2.75, 3.05) is 6.54 Å². The van der Waals surface area contributed by atoms with E-state index in [1.807, 2.05) is 18.2 Å². The molecule has 1 amide bonds. The number of benzene rings is 1. The molecule has 2 atom stereocenters. The van der Waals surface area contributed by atoms with E-state index in [2.05, 4.69) is 15.2 Å². The number of rotatable bonds is 6. The van der Waals surface area contributed by atoms with E-state index >= 15 is 0 Å². The molecule has 4 rings (SSSR count). The van der Waals surface area contributed by atoms with Crippen molar-refractivity contribution in [2.24, 2.45) is 0 Å². The van der Waals surface area contributed by atoms with Crippen molar-refractivity contribution in [1.29, 1.82) is 0 Å². The van der Waals surface area contributed by atoms with E-state index in [1.165, 1.54) is 12.1 Å². The Balaban J connectivity index is 1.45. The molecule has 6 heteroatoms. The van der Waals surface area contributed by atoms with Crippen molar-refractivity contribution in [3.05, 3.63) is 60.2 Å². The molecule has 4 nitrogen and oxygen atoms in total. The number of thioether (sulfide) groups is 1. The van der Waals surface area contributed by atoms with Gasteiger partial charge in [0.25, 0.3) is 0 Å². The number of nitrogens with one attached hydrogen (secondary N) is 1. The summed E-state index contributed by atoms with van der Waals surface area (Å²) in [7, 11) is 0. The highest BCUT2D eigenvalue weighted by molar-refractivity contribution is 8.00. The predicted molar refractivity (Wildman–Crippen MR) is 100 cm³/mol. The van der Waals surface area contributed by atoms with Crippen LogP contribution in [0.2, 0.25) is 0 Å². The molecule has 1 saturated heterocycles. The van der Waals surface area contributed by atoms with E-state index in [-0.39, 0.29) is 17.8 Å². The van der Waals surface area contributed by atoms with Crippen LogP contribution in [0.25, 0.3) is 0 Å².